The van der Waals surface area contributed by atoms with Gasteiger partial charge in [-0.15, -0.1) is 0 Å². The average Bonchev–Trinajstić information content (AvgIpc) is 3.45. The summed E-state index contributed by atoms with van der Waals surface area (Å²) in [4.78, 5) is 33.3. The van der Waals surface area contributed by atoms with E-state index >= 15 is 0 Å². The maximum absolute atomic E-state index is 12.8. The molecular weight excluding hydrogens is 366 g/mol. The quantitative estimate of drug-likeness (QED) is 0.761. The van der Waals surface area contributed by atoms with Crippen LogP contribution in [0.3, 0.4) is 0 Å². The van der Waals surface area contributed by atoms with Crippen LogP contribution in [0.5, 0.6) is 0 Å². The number of amides is 2. The average molecular weight is 389 g/mol. The highest BCUT2D eigenvalue weighted by Crippen LogP contribution is 2.41. The van der Waals surface area contributed by atoms with Gasteiger partial charge in [0.15, 0.2) is 10.9 Å². The molecule has 8 nitrogen and oxygen atoms in total. The number of carbonyl (C=O) groups excluding carboxylic acids is 2. The van der Waals surface area contributed by atoms with E-state index in [-0.39, 0.29) is 17.2 Å². The second-order valence-electron chi connectivity index (χ2n) is 7.14. The van der Waals surface area contributed by atoms with Crippen LogP contribution in [0.25, 0.3) is 0 Å². The topological polar surface area (TPSA) is 95.3 Å². The number of rotatable bonds is 6. The van der Waals surface area contributed by atoms with Gasteiger partial charge in [0.1, 0.15) is 12.1 Å². The van der Waals surface area contributed by atoms with Crippen molar-refractivity contribution in [3.8, 4) is 0 Å². The molecule has 2 saturated heterocycles. The first kappa shape index (κ1) is 18.1. The van der Waals surface area contributed by atoms with Gasteiger partial charge in [0.25, 0.3) is 5.91 Å². The monoisotopic (exact) mass is 389 g/mol. The maximum Gasteiger partial charge on any atom is 0.289 e. The van der Waals surface area contributed by atoms with Crippen molar-refractivity contribution in [2.45, 2.75) is 37.1 Å². The number of hydrogen-bond acceptors (Lipinski definition) is 6. The van der Waals surface area contributed by atoms with Crippen molar-refractivity contribution >= 4 is 23.6 Å². The summed E-state index contributed by atoms with van der Waals surface area (Å²) in [7, 11) is 0. The minimum atomic E-state index is -0.387. The van der Waals surface area contributed by atoms with Crippen LogP contribution in [0.15, 0.2) is 28.0 Å². The number of furan rings is 1. The Morgan fingerprint density at radius 1 is 1.37 bits per heavy atom. The molecule has 2 aliphatic rings. The van der Waals surface area contributed by atoms with Crippen LogP contribution >= 0.6 is 11.8 Å². The highest BCUT2D eigenvalue weighted by molar-refractivity contribution is 7.98. The molecular formula is C18H23N5O3S. The predicted molar refractivity (Wildman–Crippen MR) is 99.1 cm³/mol. The molecule has 1 atom stereocenters. The molecule has 0 bridgehead atoms. The zero-order valence-corrected chi connectivity index (χ0v) is 16.1. The van der Waals surface area contributed by atoms with Crippen molar-refractivity contribution in [2.24, 2.45) is 5.41 Å². The van der Waals surface area contributed by atoms with Crippen molar-refractivity contribution in [1.29, 1.82) is 0 Å². The number of nitrogens with one attached hydrogen (secondary N) is 1. The first-order chi connectivity index (χ1) is 13.1. The molecule has 2 amide bonds. The molecule has 1 spiro atoms. The summed E-state index contributed by atoms with van der Waals surface area (Å²) >= 11 is 1.46. The van der Waals surface area contributed by atoms with Crippen LogP contribution in [0.4, 0.5) is 0 Å². The van der Waals surface area contributed by atoms with Gasteiger partial charge in [-0.1, -0.05) is 18.7 Å². The van der Waals surface area contributed by atoms with Crippen molar-refractivity contribution in [3.05, 3.63) is 30.0 Å². The highest BCUT2D eigenvalue weighted by Gasteiger charge is 2.51. The largest absolute Gasteiger partial charge is 0.455 e. The zero-order valence-electron chi connectivity index (χ0n) is 15.3. The van der Waals surface area contributed by atoms with Crippen molar-refractivity contribution < 1.29 is 14.0 Å². The molecule has 4 rings (SSSR count). The van der Waals surface area contributed by atoms with Gasteiger partial charge in [0.05, 0.1) is 11.2 Å². The molecule has 0 saturated carbocycles. The number of hydrogen-bond donors (Lipinski definition) is 1. The van der Waals surface area contributed by atoms with Crippen molar-refractivity contribution in [1.82, 2.24) is 25.0 Å². The summed E-state index contributed by atoms with van der Waals surface area (Å²) in [6.45, 7) is 4.79. The number of aromatic nitrogens is 3. The van der Waals surface area contributed by atoms with E-state index in [9.17, 15) is 9.59 Å². The van der Waals surface area contributed by atoms with E-state index in [0.717, 1.165) is 32.4 Å². The summed E-state index contributed by atoms with van der Waals surface area (Å²) in [5.74, 6) is 1.68. The van der Waals surface area contributed by atoms with Crippen LogP contribution in [-0.2, 0) is 10.5 Å². The van der Waals surface area contributed by atoms with Crippen molar-refractivity contribution in [3.63, 3.8) is 0 Å². The lowest BCUT2D eigenvalue weighted by atomic mass is 9.85. The first-order valence-corrected chi connectivity index (χ1v) is 10.3. The zero-order chi connectivity index (χ0) is 18.9. The third-order valence-electron chi connectivity index (χ3n) is 5.35. The Kier molecular flexibility index (Phi) is 4.94. The number of likely N-dealkylation sites (tertiary alicyclic amines) is 2. The van der Waals surface area contributed by atoms with Crippen LogP contribution in [0.2, 0.25) is 0 Å². The van der Waals surface area contributed by atoms with Gasteiger partial charge >= 0.3 is 0 Å². The van der Waals surface area contributed by atoms with E-state index in [1.54, 1.807) is 11.0 Å². The van der Waals surface area contributed by atoms with Crippen molar-refractivity contribution in [2.75, 3.05) is 26.2 Å². The van der Waals surface area contributed by atoms with E-state index < -0.39 is 0 Å². The first-order valence-electron chi connectivity index (χ1n) is 9.27. The molecule has 1 N–H and O–H groups in total. The molecule has 27 heavy (non-hydrogen) atoms. The van der Waals surface area contributed by atoms with E-state index in [1.807, 2.05) is 11.0 Å². The maximum atomic E-state index is 12.8. The fourth-order valence-electron chi connectivity index (χ4n) is 3.93. The molecule has 0 aromatic carbocycles. The molecule has 144 valence electrons. The Morgan fingerprint density at radius 2 is 2.22 bits per heavy atom. The smallest absolute Gasteiger partial charge is 0.289 e. The Balaban J connectivity index is 1.37. The fraction of sp³-hybridized carbons (Fsp3) is 0.556. The number of carbonyl (C=O) groups is 2. The molecule has 2 aromatic heterocycles. The van der Waals surface area contributed by atoms with Gasteiger partial charge in [-0.3, -0.25) is 14.7 Å². The number of H-pyrrole nitrogens is 1. The van der Waals surface area contributed by atoms with E-state index in [2.05, 4.69) is 22.1 Å². The van der Waals surface area contributed by atoms with Gasteiger partial charge in [-0.2, -0.15) is 5.10 Å². The molecule has 1 unspecified atom stereocenters. The van der Waals surface area contributed by atoms with E-state index in [4.69, 9.17) is 4.42 Å². The van der Waals surface area contributed by atoms with Gasteiger partial charge in [0, 0.05) is 26.2 Å². The van der Waals surface area contributed by atoms with Crippen LogP contribution in [0, 0.1) is 5.41 Å². The third kappa shape index (κ3) is 3.47. The van der Waals surface area contributed by atoms with Crippen LogP contribution < -0.4 is 0 Å². The van der Waals surface area contributed by atoms with Gasteiger partial charge < -0.3 is 14.2 Å². The number of aromatic amines is 1. The lowest BCUT2D eigenvalue weighted by molar-refractivity contribution is -0.135. The SMILES string of the molecule is CCCN1CCC2(CCN(C(=O)c3ccc(CSc4ncn[nH]4)o3)C2)C1=O. The molecule has 0 radical (unpaired) electrons. The van der Waals surface area contributed by atoms with Gasteiger partial charge in [-0.25, -0.2) is 4.98 Å². The van der Waals surface area contributed by atoms with E-state index in [1.165, 1.54) is 18.1 Å². The molecule has 2 aliphatic heterocycles. The lowest BCUT2D eigenvalue weighted by Gasteiger charge is -2.23. The highest BCUT2D eigenvalue weighted by atomic mass is 32.2. The molecule has 9 heteroatoms. The second-order valence-corrected chi connectivity index (χ2v) is 8.11. The fourth-order valence-corrected chi connectivity index (χ4v) is 4.60. The van der Waals surface area contributed by atoms with Gasteiger partial charge in [0.2, 0.25) is 5.91 Å². The minimum absolute atomic E-state index is 0.135. The lowest BCUT2D eigenvalue weighted by Crippen LogP contribution is -2.38. The van der Waals surface area contributed by atoms with Gasteiger partial charge in [-0.05, 0) is 31.4 Å². The standard InChI is InChI=1S/C18H23N5O3S/c1-2-7-22-8-5-18(16(22)25)6-9-23(11-18)15(24)14-4-3-13(26-14)10-27-17-19-12-20-21-17/h3-4,12H,2,5-11H2,1H3,(H,19,20,21). The summed E-state index contributed by atoms with van der Waals surface area (Å²) in [6, 6.07) is 3.52. The molecule has 4 heterocycles. The Morgan fingerprint density at radius 3 is 3.00 bits per heavy atom. The number of thioether (sulfide) groups is 1. The Bertz CT molecular complexity index is 821. The summed E-state index contributed by atoms with van der Waals surface area (Å²) in [5.41, 5.74) is -0.387. The summed E-state index contributed by atoms with van der Waals surface area (Å²) < 4.78 is 5.72. The van der Waals surface area contributed by atoms with Crippen LogP contribution in [0.1, 0.15) is 42.5 Å². The molecule has 2 fully saturated rings. The van der Waals surface area contributed by atoms with Crippen LogP contribution in [-0.4, -0.2) is 63.0 Å². The summed E-state index contributed by atoms with van der Waals surface area (Å²) in [6.07, 6.45) is 4.00. The second kappa shape index (κ2) is 7.38. The Hall–Kier alpha value is -2.29. The molecule has 0 aliphatic carbocycles. The third-order valence-corrected chi connectivity index (χ3v) is 6.25. The Labute approximate surface area is 161 Å². The summed E-state index contributed by atoms with van der Waals surface area (Å²) in [5, 5.41) is 7.28. The normalized spacial score (nSPS) is 22.3. The predicted octanol–water partition coefficient (Wildman–Crippen LogP) is 2.16. The molecule has 2 aromatic rings. The van der Waals surface area contributed by atoms with E-state index in [0.29, 0.717) is 35.5 Å². The number of nitrogens with zero attached hydrogens (tertiary/aromatic N) is 4. The minimum Gasteiger partial charge on any atom is -0.455 e.